The van der Waals surface area contributed by atoms with E-state index in [-0.39, 0.29) is 18.0 Å². The van der Waals surface area contributed by atoms with Crippen molar-refractivity contribution in [2.75, 3.05) is 18.0 Å². The fraction of sp³-hybridized carbons (Fsp3) is 0.261. The molecule has 0 saturated carbocycles. The quantitative estimate of drug-likeness (QED) is 0.664. The van der Waals surface area contributed by atoms with Crippen molar-refractivity contribution in [1.29, 1.82) is 0 Å². The lowest BCUT2D eigenvalue weighted by Crippen LogP contribution is -2.28. The fourth-order valence-electron chi connectivity index (χ4n) is 3.67. The number of anilines is 1. The monoisotopic (exact) mass is 403 g/mol. The van der Waals surface area contributed by atoms with Gasteiger partial charge in [-0.15, -0.1) is 0 Å². The molecule has 0 radical (unpaired) electrons. The molecular formula is C23H25N5O2. The topological polar surface area (TPSA) is 79.3 Å². The Morgan fingerprint density at radius 3 is 2.57 bits per heavy atom. The molecule has 0 spiro atoms. The minimum absolute atomic E-state index is 0.0772. The van der Waals surface area contributed by atoms with Crippen LogP contribution in [-0.2, 0) is 13.5 Å². The molecule has 1 saturated heterocycles. The highest BCUT2D eigenvalue weighted by molar-refractivity contribution is 5.95. The van der Waals surface area contributed by atoms with Gasteiger partial charge in [0.05, 0.1) is 23.5 Å². The molecule has 0 aliphatic carbocycles. The third-order valence-corrected chi connectivity index (χ3v) is 5.43. The highest BCUT2D eigenvalue weighted by Gasteiger charge is 2.22. The number of nitrogens with zero attached hydrogens (tertiary/aromatic N) is 3. The standard InChI is InChI=1S/C23H25N5O2/c1-16(18-8-10-19(11-9-18)28-13-12-24-23(28)30)26-22(29)20-15-25-27(2)21(20)14-17-6-4-3-5-7-17/h3-11,15-16H,12-14H2,1-2H3,(H,24,30)(H,26,29). The summed E-state index contributed by atoms with van der Waals surface area (Å²) in [4.78, 5) is 26.5. The molecule has 1 aliphatic heterocycles. The van der Waals surface area contributed by atoms with Crippen molar-refractivity contribution in [3.63, 3.8) is 0 Å². The molecule has 1 atom stereocenters. The van der Waals surface area contributed by atoms with E-state index in [4.69, 9.17) is 0 Å². The molecule has 2 heterocycles. The van der Waals surface area contributed by atoms with Crippen LogP contribution >= 0.6 is 0 Å². The molecule has 2 aromatic carbocycles. The second kappa shape index (κ2) is 8.41. The first-order valence-corrected chi connectivity index (χ1v) is 10.0. The molecule has 0 bridgehead atoms. The van der Waals surface area contributed by atoms with Crippen LogP contribution in [0.25, 0.3) is 0 Å². The number of hydrogen-bond acceptors (Lipinski definition) is 3. The highest BCUT2D eigenvalue weighted by atomic mass is 16.2. The van der Waals surface area contributed by atoms with E-state index >= 15 is 0 Å². The number of nitrogens with one attached hydrogen (secondary N) is 2. The predicted molar refractivity (Wildman–Crippen MR) is 116 cm³/mol. The molecule has 3 amide bonds. The van der Waals surface area contributed by atoms with Gasteiger partial charge in [-0.3, -0.25) is 14.4 Å². The van der Waals surface area contributed by atoms with Crippen molar-refractivity contribution in [1.82, 2.24) is 20.4 Å². The second-order valence-corrected chi connectivity index (χ2v) is 7.46. The maximum absolute atomic E-state index is 12.9. The van der Waals surface area contributed by atoms with Crippen LogP contribution in [0.3, 0.4) is 0 Å². The van der Waals surface area contributed by atoms with Gasteiger partial charge in [-0.05, 0) is 30.2 Å². The average molecular weight is 403 g/mol. The van der Waals surface area contributed by atoms with Gasteiger partial charge in [0.1, 0.15) is 0 Å². The summed E-state index contributed by atoms with van der Waals surface area (Å²) in [5.74, 6) is -0.149. The molecule has 2 N–H and O–H groups in total. The number of carbonyl (C=O) groups excluding carboxylic acids is 2. The fourth-order valence-corrected chi connectivity index (χ4v) is 3.67. The number of carbonyl (C=O) groups is 2. The molecule has 4 rings (SSSR count). The number of hydrogen-bond donors (Lipinski definition) is 2. The summed E-state index contributed by atoms with van der Waals surface area (Å²) in [5, 5.41) is 10.2. The van der Waals surface area contributed by atoms with Gasteiger partial charge in [0, 0.05) is 32.2 Å². The first kappa shape index (κ1) is 19.7. The lowest BCUT2D eigenvalue weighted by atomic mass is 10.0. The number of aryl methyl sites for hydroxylation is 1. The Balaban J connectivity index is 1.46. The lowest BCUT2D eigenvalue weighted by molar-refractivity contribution is 0.0939. The Hall–Kier alpha value is -3.61. The zero-order valence-corrected chi connectivity index (χ0v) is 17.1. The van der Waals surface area contributed by atoms with Gasteiger partial charge in [-0.25, -0.2) is 4.79 Å². The molecule has 1 fully saturated rings. The van der Waals surface area contributed by atoms with Gasteiger partial charge in [-0.2, -0.15) is 5.10 Å². The number of benzene rings is 2. The zero-order valence-electron chi connectivity index (χ0n) is 17.1. The number of urea groups is 1. The van der Waals surface area contributed by atoms with Crippen molar-refractivity contribution < 1.29 is 9.59 Å². The van der Waals surface area contributed by atoms with Gasteiger partial charge < -0.3 is 10.6 Å². The third kappa shape index (κ3) is 4.05. The molecule has 1 aliphatic rings. The molecule has 7 nitrogen and oxygen atoms in total. The Morgan fingerprint density at radius 1 is 1.17 bits per heavy atom. The van der Waals surface area contributed by atoms with Crippen molar-refractivity contribution in [2.45, 2.75) is 19.4 Å². The second-order valence-electron chi connectivity index (χ2n) is 7.46. The van der Waals surface area contributed by atoms with Gasteiger partial charge >= 0.3 is 6.03 Å². The largest absolute Gasteiger partial charge is 0.345 e. The summed E-state index contributed by atoms with van der Waals surface area (Å²) in [6.45, 7) is 3.27. The van der Waals surface area contributed by atoms with E-state index in [1.165, 1.54) is 0 Å². The van der Waals surface area contributed by atoms with E-state index < -0.39 is 0 Å². The van der Waals surface area contributed by atoms with Crippen molar-refractivity contribution in [2.24, 2.45) is 7.05 Å². The number of amides is 3. The maximum Gasteiger partial charge on any atom is 0.321 e. The summed E-state index contributed by atoms with van der Waals surface area (Å²) >= 11 is 0. The van der Waals surface area contributed by atoms with Crippen LogP contribution in [0.4, 0.5) is 10.5 Å². The molecule has 7 heteroatoms. The summed E-state index contributed by atoms with van der Waals surface area (Å²) in [5.41, 5.74) is 4.41. The third-order valence-electron chi connectivity index (χ3n) is 5.43. The Bertz CT molecular complexity index is 1040. The smallest absolute Gasteiger partial charge is 0.321 e. The Kier molecular flexibility index (Phi) is 5.52. The van der Waals surface area contributed by atoms with Crippen LogP contribution < -0.4 is 15.5 Å². The van der Waals surface area contributed by atoms with Gasteiger partial charge in [0.2, 0.25) is 0 Å². The maximum atomic E-state index is 12.9. The van der Waals surface area contributed by atoms with Crippen molar-refractivity contribution >= 4 is 17.6 Å². The number of aromatic nitrogens is 2. The summed E-state index contributed by atoms with van der Waals surface area (Å²) < 4.78 is 1.75. The minimum Gasteiger partial charge on any atom is -0.345 e. The van der Waals surface area contributed by atoms with Crippen LogP contribution in [0.15, 0.2) is 60.8 Å². The molecule has 154 valence electrons. The highest BCUT2D eigenvalue weighted by Crippen LogP contribution is 2.21. The molecular weight excluding hydrogens is 378 g/mol. The van der Waals surface area contributed by atoms with Gasteiger partial charge in [-0.1, -0.05) is 42.5 Å². The Labute approximate surface area is 175 Å². The van der Waals surface area contributed by atoms with Crippen molar-refractivity contribution in [3.8, 4) is 0 Å². The van der Waals surface area contributed by atoms with E-state index in [1.807, 2.05) is 68.6 Å². The van der Waals surface area contributed by atoms with Gasteiger partial charge in [0.15, 0.2) is 0 Å². The summed E-state index contributed by atoms with van der Waals surface area (Å²) in [6, 6.07) is 17.5. The van der Waals surface area contributed by atoms with E-state index in [1.54, 1.807) is 15.8 Å². The molecule has 30 heavy (non-hydrogen) atoms. The van der Waals surface area contributed by atoms with Crippen molar-refractivity contribution in [3.05, 3.63) is 83.2 Å². The predicted octanol–water partition coefficient (Wildman–Crippen LogP) is 3.03. The molecule has 3 aromatic rings. The summed E-state index contributed by atoms with van der Waals surface area (Å²) in [7, 11) is 1.85. The molecule has 1 unspecified atom stereocenters. The van der Waals surface area contributed by atoms with Crippen LogP contribution in [0.1, 0.15) is 40.1 Å². The van der Waals surface area contributed by atoms with E-state index in [2.05, 4.69) is 15.7 Å². The SMILES string of the molecule is CC(NC(=O)c1cnn(C)c1Cc1ccccc1)c1ccc(N2CCNC2=O)cc1. The summed E-state index contributed by atoms with van der Waals surface area (Å²) in [6.07, 6.45) is 2.26. The van der Waals surface area contributed by atoms with E-state index in [9.17, 15) is 9.59 Å². The normalized spacial score (nSPS) is 14.5. The first-order chi connectivity index (χ1) is 14.5. The minimum atomic E-state index is -0.177. The van der Waals surface area contributed by atoms with Crippen LogP contribution in [0.2, 0.25) is 0 Å². The van der Waals surface area contributed by atoms with E-state index in [0.717, 1.165) is 22.5 Å². The first-order valence-electron chi connectivity index (χ1n) is 10.0. The zero-order chi connectivity index (χ0) is 21.1. The lowest BCUT2D eigenvalue weighted by Gasteiger charge is -2.18. The van der Waals surface area contributed by atoms with E-state index in [0.29, 0.717) is 25.1 Å². The van der Waals surface area contributed by atoms with Crippen LogP contribution in [0, 0.1) is 0 Å². The van der Waals surface area contributed by atoms with Crippen LogP contribution in [-0.4, -0.2) is 34.8 Å². The molecule has 1 aromatic heterocycles. The number of rotatable bonds is 6. The Morgan fingerprint density at radius 2 is 1.90 bits per heavy atom. The van der Waals surface area contributed by atoms with Crippen LogP contribution in [0.5, 0.6) is 0 Å². The van der Waals surface area contributed by atoms with Gasteiger partial charge in [0.25, 0.3) is 5.91 Å². The average Bonchev–Trinajstić information content (AvgIpc) is 3.34.